The lowest BCUT2D eigenvalue weighted by molar-refractivity contribution is -0.00118. The Morgan fingerprint density at radius 2 is 2.18 bits per heavy atom. The lowest BCUT2D eigenvalue weighted by Gasteiger charge is -2.24. The Morgan fingerprint density at radius 1 is 1.35 bits per heavy atom. The van der Waals surface area contributed by atoms with E-state index in [0.717, 1.165) is 17.9 Å². The van der Waals surface area contributed by atoms with Gasteiger partial charge in [0.15, 0.2) is 0 Å². The SMILES string of the molecule is ClCc1cc2n(n1)C[C@H](c1ccccc1)OC2. The summed E-state index contributed by atoms with van der Waals surface area (Å²) in [6, 6.07) is 12.2. The first-order chi connectivity index (χ1) is 8.36. The summed E-state index contributed by atoms with van der Waals surface area (Å²) in [6.07, 6.45) is 0.0896. The van der Waals surface area contributed by atoms with E-state index in [4.69, 9.17) is 16.3 Å². The second-order valence-electron chi connectivity index (χ2n) is 4.15. The minimum Gasteiger partial charge on any atom is -0.365 e. The van der Waals surface area contributed by atoms with Crippen LogP contribution >= 0.6 is 11.6 Å². The fraction of sp³-hybridized carbons (Fsp3) is 0.308. The van der Waals surface area contributed by atoms with Crippen LogP contribution in [0.15, 0.2) is 36.4 Å². The average Bonchev–Trinajstić information content (AvgIpc) is 2.81. The molecule has 0 fully saturated rings. The number of nitrogens with zero attached hydrogens (tertiary/aromatic N) is 2. The predicted molar refractivity (Wildman–Crippen MR) is 65.8 cm³/mol. The smallest absolute Gasteiger partial charge is 0.103 e. The van der Waals surface area contributed by atoms with Gasteiger partial charge >= 0.3 is 0 Å². The standard InChI is InChI=1S/C13H13ClN2O/c14-7-11-6-12-9-17-13(8-16(12)15-11)10-4-2-1-3-5-10/h1-6,13H,7-9H2/t13-/m1/s1. The molecule has 1 aromatic heterocycles. The molecule has 4 heteroatoms. The highest BCUT2D eigenvalue weighted by Crippen LogP contribution is 2.26. The van der Waals surface area contributed by atoms with Crippen molar-refractivity contribution in [1.29, 1.82) is 0 Å². The van der Waals surface area contributed by atoms with Crippen LogP contribution in [-0.4, -0.2) is 9.78 Å². The van der Waals surface area contributed by atoms with Crippen molar-refractivity contribution in [1.82, 2.24) is 9.78 Å². The summed E-state index contributed by atoms with van der Waals surface area (Å²) in [7, 11) is 0. The monoisotopic (exact) mass is 248 g/mol. The Balaban J connectivity index is 1.85. The zero-order chi connectivity index (χ0) is 11.7. The van der Waals surface area contributed by atoms with Crippen molar-refractivity contribution in [3.63, 3.8) is 0 Å². The van der Waals surface area contributed by atoms with Crippen LogP contribution in [0, 0.1) is 0 Å². The number of ether oxygens (including phenoxy) is 1. The van der Waals surface area contributed by atoms with Crippen molar-refractivity contribution in [2.75, 3.05) is 0 Å². The highest BCUT2D eigenvalue weighted by molar-refractivity contribution is 6.16. The molecule has 0 unspecified atom stereocenters. The van der Waals surface area contributed by atoms with E-state index in [2.05, 4.69) is 17.2 Å². The molecular formula is C13H13ClN2O. The minimum absolute atomic E-state index is 0.0896. The molecule has 2 heterocycles. The van der Waals surface area contributed by atoms with E-state index < -0.39 is 0 Å². The largest absolute Gasteiger partial charge is 0.365 e. The van der Waals surface area contributed by atoms with Gasteiger partial charge in [0, 0.05) is 0 Å². The van der Waals surface area contributed by atoms with Gasteiger partial charge in [0.05, 0.1) is 30.4 Å². The maximum absolute atomic E-state index is 5.84. The number of aromatic nitrogens is 2. The zero-order valence-electron chi connectivity index (χ0n) is 9.34. The number of hydrogen-bond acceptors (Lipinski definition) is 2. The number of alkyl halides is 1. The van der Waals surface area contributed by atoms with Gasteiger partial charge in [-0.3, -0.25) is 4.68 Å². The second-order valence-corrected chi connectivity index (χ2v) is 4.42. The molecule has 0 N–H and O–H groups in total. The maximum Gasteiger partial charge on any atom is 0.103 e. The molecule has 88 valence electrons. The zero-order valence-corrected chi connectivity index (χ0v) is 10.1. The van der Waals surface area contributed by atoms with Crippen LogP contribution in [0.3, 0.4) is 0 Å². The quantitative estimate of drug-likeness (QED) is 0.764. The van der Waals surface area contributed by atoms with Crippen LogP contribution in [0.1, 0.15) is 23.1 Å². The molecule has 0 saturated heterocycles. The molecule has 0 spiro atoms. The summed E-state index contributed by atoms with van der Waals surface area (Å²) in [4.78, 5) is 0. The van der Waals surface area contributed by atoms with Gasteiger partial charge in [0.1, 0.15) is 6.10 Å². The predicted octanol–water partition coefficient (Wildman–Crippen LogP) is 2.89. The second kappa shape index (κ2) is 4.51. The third kappa shape index (κ3) is 2.08. The highest BCUT2D eigenvalue weighted by atomic mass is 35.5. The topological polar surface area (TPSA) is 27.1 Å². The van der Waals surface area contributed by atoms with E-state index in [0.29, 0.717) is 12.5 Å². The molecular weight excluding hydrogens is 236 g/mol. The molecule has 3 nitrogen and oxygen atoms in total. The molecule has 0 saturated carbocycles. The molecule has 1 aliphatic heterocycles. The van der Waals surface area contributed by atoms with Crippen molar-refractivity contribution in [3.05, 3.63) is 53.3 Å². The Labute approximate surface area is 105 Å². The number of fused-ring (bicyclic) bond motifs is 1. The summed E-state index contributed by atoms with van der Waals surface area (Å²) in [5.41, 5.74) is 3.22. The number of rotatable bonds is 2. The highest BCUT2D eigenvalue weighted by Gasteiger charge is 2.21. The van der Waals surface area contributed by atoms with Crippen LogP contribution in [0.25, 0.3) is 0 Å². The van der Waals surface area contributed by atoms with Gasteiger partial charge in [-0.1, -0.05) is 30.3 Å². The molecule has 1 aromatic carbocycles. The molecule has 17 heavy (non-hydrogen) atoms. The van der Waals surface area contributed by atoms with Gasteiger partial charge in [-0.05, 0) is 11.6 Å². The Kier molecular flexibility index (Phi) is 2.87. The number of halogens is 1. The van der Waals surface area contributed by atoms with E-state index in [1.807, 2.05) is 28.9 Å². The molecule has 3 rings (SSSR count). The van der Waals surface area contributed by atoms with Gasteiger partial charge in [-0.2, -0.15) is 5.10 Å². The molecule has 0 amide bonds. The van der Waals surface area contributed by atoms with Crippen molar-refractivity contribution in [2.45, 2.75) is 25.1 Å². The molecule has 0 radical (unpaired) electrons. The van der Waals surface area contributed by atoms with E-state index in [9.17, 15) is 0 Å². The fourth-order valence-corrected chi connectivity index (χ4v) is 2.25. The number of hydrogen-bond donors (Lipinski definition) is 0. The Hall–Kier alpha value is -1.32. The molecule has 0 bridgehead atoms. The van der Waals surface area contributed by atoms with E-state index in [1.165, 1.54) is 5.56 Å². The summed E-state index contributed by atoms with van der Waals surface area (Å²) in [5.74, 6) is 0.454. The Bertz CT molecular complexity index is 509. The fourth-order valence-electron chi connectivity index (χ4n) is 2.12. The van der Waals surface area contributed by atoms with Gasteiger partial charge in [0.25, 0.3) is 0 Å². The average molecular weight is 249 g/mol. The van der Waals surface area contributed by atoms with Gasteiger partial charge in [-0.25, -0.2) is 0 Å². The van der Waals surface area contributed by atoms with Crippen molar-refractivity contribution in [2.24, 2.45) is 0 Å². The first-order valence-electron chi connectivity index (χ1n) is 5.65. The molecule has 1 aliphatic rings. The number of benzene rings is 1. The first kappa shape index (κ1) is 10.8. The van der Waals surface area contributed by atoms with Crippen LogP contribution in [0.4, 0.5) is 0 Å². The van der Waals surface area contributed by atoms with Gasteiger partial charge in [-0.15, -0.1) is 11.6 Å². The lowest BCUT2D eigenvalue weighted by Crippen LogP contribution is -2.21. The summed E-state index contributed by atoms with van der Waals surface area (Å²) in [5, 5.41) is 4.45. The van der Waals surface area contributed by atoms with E-state index >= 15 is 0 Å². The molecule has 2 aromatic rings. The minimum atomic E-state index is 0.0896. The van der Waals surface area contributed by atoms with Crippen molar-refractivity contribution >= 4 is 11.6 Å². The van der Waals surface area contributed by atoms with Crippen LogP contribution in [0.2, 0.25) is 0 Å². The maximum atomic E-state index is 5.84. The van der Waals surface area contributed by atoms with Crippen LogP contribution in [0.5, 0.6) is 0 Å². The van der Waals surface area contributed by atoms with E-state index in [-0.39, 0.29) is 6.10 Å². The Morgan fingerprint density at radius 3 is 2.94 bits per heavy atom. The van der Waals surface area contributed by atoms with Crippen molar-refractivity contribution in [3.8, 4) is 0 Å². The summed E-state index contributed by atoms with van der Waals surface area (Å²) in [6.45, 7) is 1.36. The molecule has 1 atom stereocenters. The van der Waals surface area contributed by atoms with Crippen molar-refractivity contribution < 1.29 is 4.74 Å². The van der Waals surface area contributed by atoms with Crippen LogP contribution in [-0.2, 0) is 23.8 Å². The van der Waals surface area contributed by atoms with Gasteiger partial charge < -0.3 is 4.74 Å². The molecule has 0 aliphatic carbocycles. The lowest BCUT2D eigenvalue weighted by atomic mass is 10.1. The third-order valence-corrected chi connectivity index (χ3v) is 3.27. The van der Waals surface area contributed by atoms with Crippen LogP contribution < -0.4 is 0 Å². The van der Waals surface area contributed by atoms with E-state index in [1.54, 1.807) is 0 Å². The summed E-state index contributed by atoms with van der Waals surface area (Å²) < 4.78 is 7.84. The third-order valence-electron chi connectivity index (χ3n) is 2.99. The summed E-state index contributed by atoms with van der Waals surface area (Å²) >= 11 is 5.78. The van der Waals surface area contributed by atoms with Gasteiger partial charge in [0.2, 0.25) is 0 Å². The normalized spacial score (nSPS) is 19.0. The first-order valence-corrected chi connectivity index (χ1v) is 6.18.